The number of benzene rings is 1. The number of aromatic nitrogens is 2. The molecule has 0 saturated heterocycles. The van der Waals surface area contributed by atoms with Crippen LogP contribution in [-0.4, -0.2) is 9.97 Å². The normalized spacial score (nSPS) is 9.50. The lowest BCUT2D eigenvalue weighted by Gasteiger charge is -1.99. The third kappa shape index (κ3) is 3.55. The highest BCUT2D eigenvalue weighted by Gasteiger charge is 1.97. The first-order chi connectivity index (χ1) is 7.34. The van der Waals surface area contributed by atoms with Crippen LogP contribution in [0.3, 0.4) is 0 Å². The highest BCUT2D eigenvalue weighted by Crippen LogP contribution is 2.16. The first kappa shape index (κ1) is 12.5. The van der Waals surface area contributed by atoms with E-state index in [0.717, 1.165) is 5.75 Å². The molecule has 0 atom stereocenters. The summed E-state index contributed by atoms with van der Waals surface area (Å²) < 4.78 is 0. The van der Waals surface area contributed by atoms with Gasteiger partial charge in [-0.2, -0.15) is 0 Å². The Balaban J connectivity index is 0.00000128. The fourth-order valence-electron chi connectivity index (χ4n) is 1.15. The van der Waals surface area contributed by atoms with E-state index < -0.39 is 0 Å². The summed E-state index contributed by atoms with van der Waals surface area (Å²) in [6.45, 7) is 0. The standard InChI is InChI=1S/C11H10N2OS.CH4/c14-10-6-7-12-11(13-10)15-8-9-4-2-1-3-5-9;/h1-7H,8H2,(H,12,13,14);1H4. The molecule has 0 bridgehead atoms. The highest BCUT2D eigenvalue weighted by atomic mass is 32.2. The second-order valence-corrected chi connectivity index (χ2v) is 3.98. The maximum Gasteiger partial charge on any atom is 0.251 e. The van der Waals surface area contributed by atoms with Crippen molar-refractivity contribution in [2.24, 2.45) is 0 Å². The van der Waals surface area contributed by atoms with Gasteiger partial charge in [0.15, 0.2) is 5.16 Å². The minimum atomic E-state index is -0.111. The summed E-state index contributed by atoms with van der Waals surface area (Å²) in [5.41, 5.74) is 1.11. The quantitative estimate of drug-likeness (QED) is 0.656. The van der Waals surface area contributed by atoms with E-state index in [-0.39, 0.29) is 13.0 Å². The molecule has 0 aliphatic heterocycles. The molecule has 2 rings (SSSR count). The van der Waals surface area contributed by atoms with Gasteiger partial charge in [0.2, 0.25) is 0 Å². The van der Waals surface area contributed by atoms with E-state index in [1.165, 1.54) is 29.6 Å². The zero-order valence-corrected chi connectivity index (χ0v) is 8.83. The summed E-state index contributed by atoms with van der Waals surface area (Å²) in [5, 5.41) is 0.659. The summed E-state index contributed by atoms with van der Waals surface area (Å²) in [6, 6.07) is 11.5. The molecule has 3 nitrogen and oxygen atoms in total. The zero-order valence-electron chi connectivity index (χ0n) is 8.01. The van der Waals surface area contributed by atoms with E-state index in [4.69, 9.17) is 0 Å². The second kappa shape index (κ2) is 6.12. The topological polar surface area (TPSA) is 45.8 Å². The van der Waals surface area contributed by atoms with Gasteiger partial charge in [0.05, 0.1) is 0 Å². The van der Waals surface area contributed by atoms with E-state index in [2.05, 4.69) is 9.97 Å². The van der Waals surface area contributed by atoms with Crippen molar-refractivity contribution in [3.63, 3.8) is 0 Å². The van der Waals surface area contributed by atoms with Gasteiger partial charge in [-0.25, -0.2) is 4.98 Å². The maximum atomic E-state index is 11.0. The number of aromatic amines is 1. The molecule has 84 valence electrons. The van der Waals surface area contributed by atoms with Crippen molar-refractivity contribution in [3.05, 3.63) is 58.5 Å². The van der Waals surface area contributed by atoms with E-state index in [1.54, 1.807) is 0 Å². The summed E-state index contributed by atoms with van der Waals surface area (Å²) in [5.74, 6) is 0.813. The minimum absolute atomic E-state index is 0. The fraction of sp³-hybridized carbons (Fsp3) is 0.167. The van der Waals surface area contributed by atoms with Crippen LogP contribution in [0.1, 0.15) is 13.0 Å². The van der Waals surface area contributed by atoms with Gasteiger partial charge in [0.1, 0.15) is 0 Å². The molecule has 1 N–H and O–H groups in total. The van der Waals surface area contributed by atoms with Crippen molar-refractivity contribution in [1.29, 1.82) is 0 Å². The monoisotopic (exact) mass is 234 g/mol. The Morgan fingerprint density at radius 3 is 2.62 bits per heavy atom. The molecule has 1 aromatic heterocycles. The zero-order chi connectivity index (χ0) is 10.5. The van der Waals surface area contributed by atoms with Crippen LogP contribution in [0.5, 0.6) is 0 Å². The average molecular weight is 234 g/mol. The largest absolute Gasteiger partial charge is 0.301 e. The Morgan fingerprint density at radius 2 is 1.94 bits per heavy atom. The van der Waals surface area contributed by atoms with Gasteiger partial charge in [-0.1, -0.05) is 49.5 Å². The molecule has 16 heavy (non-hydrogen) atoms. The van der Waals surface area contributed by atoms with Crippen molar-refractivity contribution in [2.45, 2.75) is 18.3 Å². The molecule has 0 fully saturated rings. The van der Waals surface area contributed by atoms with Gasteiger partial charge < -0.3 is 4.98 Å². The SMILES string of the molecule is C.O=c1ccnc(SCc2ccccc2)[nH]1. The third-order valence-electron chi connectivity index (χ3n) is 1.87. The highest BCUT2D eigenvalue weighted by molar-refractivity contribution is 7.98. The Kier molecular flexibility index (Phi) is 4.79. The van der Waals surface area contributed by atoms with Crippen LogP contribution in [0, 0.1) is 0 Å². The molecule has 0 unspecified atom stereocenters. The Labute approximate surface area is 98.9 Å². The van der Waals surface area contributed by atoms with Crippen LogP contribution in [0.25, 0.3) is 0 Å². The fourth-order valence-corrected chi connectivity index (χ4v) is 1.96. The predicted molar refractivity (Wildman–Crippen MR) is 67.6 cm³/mol. The molecule has 0 aliphatic carbocycles. The lowest BCUT2D eigenvalue weighted by Crippen LogP contribution is -2.05. The molecule has 0 spiro atoms. The second-order valence-electron chi connectivity index (χ2n) is 3.01. The van der Waals surface area contributed by atoms with E-state index in [0.29, 0.717) is 5.16 Å². The molecule has 0 aliphatic rings. The average Bonchev–Trinajstić information content (AvgIpc) is 2.28. The van der Waals surface area contributed by atoms with E-state index >= 15 is 0 Å². The van der Waals surface area contributed by atoms with Crippen LogP contribution >= 0.6 is 11.8 Å². The number of nitrogens with one attached hydrogen (secondary N) is 1. The van der Waals surface area contributed by atoms with Crippen LogP contribution in [0.15, 0.2) is 52.5 Å². The smallest absolute Gasteiger partial charge is 0.251 e. The van der Waals surface area contributed by atoms with Gasteiger partial charge in [0.25, 0.3) is 5.56 Å². The van der Waals surface area contributed by atoms with Gasteiger partial charge >= 0.3 is 0 Å². The molecular weight excluding hydrogens is 220 g/mol. The third-order valence-corrected chi connectivity index (χ3v) is 2.82. The minimum Gasteiger partial charge on any atom is -0.301 e. The first-order valence-electron chi connectivity index (χ1n) is 4.56. The molecule has 0 radical (unpaired) electrons. The maximum absolute atomic E-state index is 11.0. The summed E-state index contributed by atoms with van der Waals surface area (Å²) in [4.78, 5) is 17.7. The number of hydrogen-bond acceptors (Lipinski definition) is 3. The van der Waals surface area contributed by atoms with Crippen LogP contribution in [-0.2, 0) is 5.75 Å². The molecular formula is C12H14N2OS. The number of thioether (sulfide) groups is 1. The molecule has 0 saturated carbocycles. The van der Waals surface area contributed by atoms with Gasteiger partial charge in [-0.3, -0.25) is 4.79 Å². The summed E-state index contributed by atoms with van der Waals surface area (Å²) in [6.07, 6.45) is 1.52. The number of H-pyrrole nitrogens is 1. The number of hydrogen-bond donors (Lipinski definition) is 1. The van der Waals surface area contributed by atoms with Gasteiger partial charge in [-0.15, -0.1) is 0 Å². The summed E-state index contributed by atoms with van der Waals surface area (Å²) in [7, 11) is 0. The molecule has 1 heterocycles. The van der Waals surface area contributed by atoms with Crippen LogP contribution in [0.4, 0.5) is 0 Å². The van der Waals surface area contributed by atoms with Crippen molar-refractivity contribution < 1.29 is 0 Å². The first-order valence-corrected chi connectivity index (χ1v) is 5.55. The number of nitrogens with zero attached hydrogens (tertiary/aromatic N) is 1. The van der Waals surface area contributed by atoms with Crippen molar-refractivity contribution >= 4 is 11.8 Å². The van der Waals surface area contributed by atoms with Gasteiger partial charge in [-0.05, 0) is 5.56 Å². The molecule has 0 amide bonds. The molecule has 1 aromatic carbocycles. The van der Waals surface area contributed by atoms with Crippen LogP contribution < -0.4 is 5.56 Å². The number of rotatable bonds is 3. The lowest BCUT2D eigenvalue weighted by atomic mass is 10.2. The summed E-state index contributed by atoms with van der Waals surface area (Å²) >= 11 is 1.52. The Bertz CT molecular complexity index is 482. The molecule has 4 heteroatoms. The Morgan fingerprint density at radius 1 is 1.19 bits per heavy atom. The van der Waals surface area contributed by atoms with Gasteiger partial charge in [0, 0.05) is 18.0 Å². The van der Waals surface area contributed by atoms with Crippen molar-refractivity contribution in [2.75, 3.05) is 0 Å². The lowest BCUT2D eigenvalue weighted by molar-refractivity contribution is 0.936. The predicted octanol–water partition coefficient (Wildman–Crippen LogP) is 2.70. The van der Waals surface area contributed by atoms with E-state index in [9.17, 15) is 4.79 Å². The van der Waals surface area contributed by atoms with Crippen molar-refractivity contribution in [3.8, 4) is 0 Å². The van der Waals surface area contributed by atoms with E-state index in [1.807, 2.05) is 30.3 Å². The van der Waals surface area contributed by atoms with Crippen molar-refractivity contribution in [1.82, 2.24) is 9.97 Å². The molecule has 2 aromatic rings. The van der Waals surface area contributed by atoms with Crippen LogP contribution in [0.2, 0.25) is 0 Å². The Hall–Kier alpha value is -1.55.